The lowest BCUT2D eigenvalue weighted by Crippen LogP contribution is -2.26. The minimum Gasteiger partial charge on any atom is -0.351 e. The highest BCUT2D eigenvalue weighted by atomic mass is 32.2. The average molecular weight is 349 g/mol. The number of nitrogens with zero attached hydrogens (tertiary/aromatic N) is 2. The van der Waals surface area contributed by atoms with Crippen molar-refractivity contribution in [2.45, 2.75) is 24.8 Å². The molecular weight excluding hydrogens is 326 g/mol. The fourth-order valence-electron chi connectivity index (χ4n) is 2.46. The molecule has 0 saturated heterocycles. The molecule has 1 amide bonds. The Kier molecular flexibility index (Phi) is 5.46. The van der Waals surface area contributed by atoms with Crippen LogP contribution in [0.1, 0.15) is 23.8 Å². The number of nitrogens with one attached hydrogen (secondary N) is 1. The third-order valence-corrected chi connectivity index (χ3v) is 5.54. The lowest BCUT2D eigenvalue weighted by atomic mass is 10.2. The first-order valence-corrected chi connectivity index (χ1v) is 9.21. The van der Waals surface area contributed by atoms with E-state index in [0.29, 0.717) is 24.2 Å². The van der Waals surface area contributed by atoms with Crippen molar-refractivity contribution in [2.75, 3.05) is 20.6 Å². The third kappa shape index (κ3) is 3.37. The Morgan fingerprint density at radius 2 is 2.04 bits per heavy atom. The molecule has 0 atom stereocenters. The standard InChI is InChI=1S/C17H23N3O3S/c1-5-9-18-17(21)16-12-13-11-14(24(22,23)19(3)4)7-8-15(13)20(16)10-6-2/h6-8,11-12H,2,5,9-10H2,1,3-4H3,(H,18,21). The highest BCUT2D eigenvalue weighted by molar-refractivity contribution is 7.89. The van der Waals surface area contributed by atoms with Gasteiger partial charge >= 0.3 is 0 Å². The number of sulfonamides is 1. The number of hydrogen-bond acceptors (Lipinski definition) is 3. The van der Waals surface area contributed by atoms with Gasteiger partial charge in [0.1, 0.15) is 5.69 Å². The molecule has 1 N–H and O–H groups in total. The van der Waals surface area contributed by atoms with Gasteiger partial charge in [0.25, 0.3) is 5.91 Å². The van der Waals surface area contributed by atoms with E-state index in [1.165, 1.54) is 18.4 Å². The summed E-state index contributed by atoms with van der Waals surface area (Å²) in [6.07, 6.45) is 2.55. The smallest absolute Gasteiger partial charge is 0.267 e. The van der Waals surface area contributed by atoms with Gasteiger partial charge in [-0.25, -0.2) is 12.7 Å². The van der Waals surface area contributed by atoms with E-state index in [-0.39, 0.29) is 10.8 Å². The topological polar surface area (TPSA) is 71.4 Å². The predicted molar refractivity (Wildman–Crippen MR) is 95.6 cm³/mol. The van der Waals surface area contributed by atoms with E-state index < -0.39 is 10.0 Å². The molecule has 0 aliphatic rings. The zero-order valence-electron chi connectivity index (χ0n) is 14.2. The van der Waals surface area contributed by atoms with E-state index in [4.69, 9.17) is 0 Å². The Morgan fingerprint density at radius 3 is 2.62 bits per heavy atom. The van der Waals surface area contributed by atoms with Crippen LogP contribution in [-0.2, 0) is 16.6 Å². The molecule has 130 valence electrons. The zero-order chi connectivity index (χ0) is 17.9. The van der Waals surface area contributed by atoms with E-state index in [2.05, 4.69) is 11.9 Å². The van der Waals surface area contributed by atoms with Gasteiger partial charge in [0.05, 0.1) is 4.90 Å². The summed E-state index contributed by atoms with van der Waals surface area (Å²) < 4.78 is 27.6. The number of benzene rings is 1. The summed E-state index contributed by atoms with van der Waals surface area (Å²) in [6, 6.07) is 6.61. The molecule has 7 heteroatoms. The maximum atomic E-state index is 12.4. The van der Waals surface area contributed by atoms with Crippen LogP contribution in [0.2, 0.25) is 0 Å². The maximum Gasteiger partial charge on any atom is 0.267 e. The quantitative estimate of drug-likeness (QED) is 0.779. The highest BCUT2D eigenvalue weighted by Gasteiger charge is 2.20. The van der Waals surface area contributed by atoms with E-state index in [0.717, 1.165) is 11.9 Å². The summed E-state index contributed by atoms with van der Waals surface area (Å²) in [5.74, 6) is -0.174. The van der Waals surface area contributed by atoms with Gasteiger partial charge in [0, 0.05) is 38.1 Å². The molecule has 0 saturated carbocycles. The second-order valence-electron chi connectivity index (χ2n) is 5.69. The Balaban J connectivity index is 2.58. The van der Waals surface area contributed by atoms with Crippen LogP contribution in [0.5, 0.6) is 0 Å². The van der Waals surface area contributed by atoms with E-state index in [9.17, 15) is 13.2 Å². The summed E-state index contributed by atoms with van der Waals surface area (Å²) >= 11 is 0. The highest BCUT2D eigenvalue weighted by Crippen LogP contribution is 2.25. The van der Waals surface area contributed by atoms with Gasteiger partial charge in [0.2, 0.25) is 10.0 Å². The number of aromatic nitrogens is 1. The first-order valence-electron chi connectivity index (χ1n) is 7.77. The molecule has 0 spiro atoms. The van der Waals surface area contributed by atoms with E-state index in [1.807, 2.05) is 11.5 Å². The molecule has 2 aromatic rings. The largest absolute Gasteiger partial charge is 0.351 e. The van der Waals surface area contributed by atoms with Gasteiger partial charge in [0.15, 0.2) is 0 Å². The maximum absolute atomic E-state index is 12.4. The average Bonchev–Trinajstić information content (AvgIpc) is 2.91. The molecule has 1 aromatic heterocycles. The summed E-state index contributed by atoms with van der Waals surface area (Å²) in [7, 11) is -0.531. The van der Waals surface area contributed by atoms with Crippen molar-refractivity contribution in [1.82, 2.24) is 14.2 Å². The monoisotopic (exact) mass is 349 g/mol. The normalized spacial score (nSPS) is 11.8. The summed E-state index contributed by atoms with van der Waals surface area (Å²) in [5.41, 5.74) is 1.30. The number of allylic oxidation sites excluding steroid dienone is 1. The van der Waals surface area contributed by atoms with Crippen molar-refractivity contribution >= 4 is 26.8 Å². The van der Waals surface area contributed by atoms with E-state index in [1.54, 1.807) is 30.3 Å². The Bertz CT molecular complexity index is 867. The van der Waals surface area contributed by atoms with Gasteiger partial charge < -0.3 is 9.88 Å². The molecular formula is C17H23N3O3S. The Hall–Kier alpha value is -2.12. The van der Waals surface area contributed by atoms with Crippen molar-refractivity contribution in [3.05, 3.63) is 42.6 Å². The Morgan fingerprint density at radius 1 is 1.33 bits per heavy atom. The molecule has 0 fully saturated rings. The predicted octanol–water partition coefficient (Wildman–Crippen LogP) is 2.22. The van der Waals surface area contributed by atoms with Gasteiger partial charge in [-0.2, -0.15) is 0 Å². The van der Waals surface area contributed by atoms with Crippen LogP contribution in [0.15, 0.2) is 41.8 Å². The number of fused-ring (bicyclic) bond motifs is 1. The number of hydrogen-bond donors (Lipinski definition) is 1. The summed E-state index contributed by atoms with van der Waals surface area (Å²) in [4.78, 5) is 12.6. The lowest BCUT2D eigenvalue weighted by molar-refractivity contribution is 0.0945. The van der Waals surface area contributed by atoms with Crippen LogP contribution in [0.4, 0.5) is 0 Å². The molecule has 0 aliphatic carbocycles. The summed E-state index contributed by atoms with van der Waals surface area (Å²) in [6.45, 7) is 6.78. The van der Waals surface area contributed by atoms with Crippen molar-refractivity contribution < 1.29 is 13.2 Å². The minimum atomic E-state index is -3.52. The number of amides is 1. The minimum absolute atomic E-state index is 0.174. The molecule has 0 aliphatic heterocycles. The van der Waals surface area contributed by atoms with Crippen LogP contribution in [-0.4, -0.2) is 43.8 Å². The number of carbonyl (C=O) groups is 1. The second kappa shape index (κ2) is 7.19. The van der Waals surface area contributed by atoms with Gasteiger partial charge in [-0.3, -0.25) is 4.79 Å². The Labute approximate surface area is 142 Å². The van der Waals surface area contributed by atoms with Crippen LogP contribution < -0.4 is 5.32 Å². The van der Waals surface area contributed by atoms with Crippen LogP contribution >= 0.6 is 0 Å². The van der Waals surface area contributed by atoms with Gasteiger partial charge in [-0.05, 0) is 30.7 Å². The first kappa shape index (κ1) is 18.2. The third-order valence-electron chi connectivity index (χ3n) is 3.73. The zero-order valence-corrected chi connectivity index (χ0v) is 15.1. The van der Waals surface area contributed by atoms with Crippen molar-refractivity contribution in [3.8, 4) is 0 Å². The fraction of sp³-hybridized carbons (Fsp3) is 0.353. The number of rotatable bonds is 7. The SMILES string of the molecule is C=CCn1c(C(=O)NCCC)cc2cc(S(=O)(=O)N(C)C)ccc21. The molecule has 2 rings (SSSR count). The van der Waals surface area contributed by atoms with Crippen LogP contribution in [0.3, 0.4) is 0 Å². The lowest BCUT2D eigenvalue weighted by Gasteiger charge is -2.12. The van der Waals surface area contributed by atoms with Crippen LogP contribution in [0.25, 0.3) is 10.9 Å². The molecule has 6 nitrogen and oxygen atoms in total. The number of carbonyl (C=O) groups excluding carboxylic acids is 1. The van der Waals surface area contributed by atoms with Crippen LogP contribution in [0, 0.1) is 0 Å². The fourth-order valence-corrected chi connectivity index (χ4v) is 3.40. The summed E-state index contributed by atoms with van der Waals surface area (Å²) in [5, 5.41) is 3.56. The molecule has 1 heterocycles. The molecule has 0 unspecified atom stereocenters. The first-order chi connectivity index (χ1) is 11.3. The van der Waals surface area contributed by atoms with Gasteiger partial charge in [-0.15, -0.1) is 6.58 Å². The molecule has 1 aromatic carbocycles. The van der Waals surface area contributed by atoms with Gasteiger partial charge in [-0.1, -0.05) is 13.0 Å². The van der Waals surface area contributed by atoms with Crippen molar-refractivity contribution in [3.63, 3.8) is 0 Å². The van der Waals surface area contributed by atoms with E-state index >= 15 is 0 Å². The molecule has 0 bridgehead atoms. The molecule has 24 heavy (non-hydrogen) atoms. The van der Waals surface area contributed by atoms with Crippen molar-refractivity contribution in [2.24, 2.45) is 0 Å². The van der Waals surface area contributed by atoms with Crippen molar-refractivity contribution in [1.29, 1.82) is 0 Å². The second-order valence-corrected chi connectivity index (χ2v) is 7.84. The molecule has 0 radical (unpaired) electrons.